The van der Waals surface area contributed by atoms with Gasteiger partial charge in [-0.3, -0.25) is 4.79 Å². The van der Waals surface area contributed by atoms with Gasteiger partial charge in [-0.2, -0.15) is 4.98 Å². The maximum atomic E-state index is 13.0. The molecule has 0 N–H and O–H groups in total. The van der Waals surface area contributed by atoms with Gasteiger partial charge in [-0.05, 0) is 39.4 Å². The van der Waals surface area contributed by atoms with Crippen LogP contribution in [0.5, 0.6) is 0 Å². The number of piperazine rings is 2. The number of amides is 1. The summed E-state index contributed by atoms with van der Waals surface area (Å²) in [6, 6.07) is 8.15. The smallest absolute Gasteiger partial charge is 0.254 e. The Morgan fingerprint density at radius 3 is 2.20 bits per heavy atom. The zero-order valence-corrected chi connectivity index (χ0v) is 18.6. The van der Waals surface area contributed by atoms with Crippen molar-refractivity contribution >= 4 is 17.7 Å². The summed E-state index contributed by atoms with van der Waals surface area (Å²) >= 11 is 0. The van der Waals surface area contributed by atoms with Crippen LogP contribution < -0.4 is 9.80 Å². The predicted molar refractivity (Wildman–Crippen MR) is 121 cm³/mol. The summed E-state index contributed by atoms with van der Waals surface area (Å²) in [6.45, 7) is 13.0. The number of aryl methyl sites for hydroxylation is 3. The molecular formula is C23H32N6O. The summed E-state index contributed by atoms with van der Waals surface area (Å²) in [4.78, 5) is 31.4. The van der Waals surface area contributed by atoms with E-state index in [-0.39, 0.29) is 5.91 Å². The summed E-state index contributed by atoms with van der Waals surface area (Å²) in [5, 5.41) is 0. The second-order valence-electron chi connectivity index (χ2n) is 8.56. The third-order valence-electron chi connectivity index (χ3n) is 6.13. The molecule has 30 heavy (non-hydrogen) atoms. The lowest BCUT2D eigenvalue weighted by molar-refractivity contribution is 0.0745. The Bertz CT molecular complexity index is 914. The van der Waals surface area contributed by atoms with Crippen LogP contribution in [-0.4, -0.2) is 85.1 Å². The van der Waals surface area contributed by atoms with E-state index < -0.39 is 0 Å². The molecule has 0 spiro atoms. The van der Waals surface area contributed by atoms with E-state index in [1.165, 1.54) is 0 Å². The molecule has 160 valence electrons. The molecule has 2 saturated heterocycles. The monoisotopic (exact) mass is 408 g/mol. The molecule has 1 aromatic heterocycles. The lowest BCUT2D eigenvalue weighted by atomic mass is 10.0. The zero-order valence-electron chi connectivity index (χ0n) is 18.6. The molecule has 2 fully saturated rings. The normalized spacial score (nSPS) is 18.1. The van der Waals surface area contributed by atoms with Crippen LogP contribution in [-0.2, 0) is 0 Å². The highest BCUT2D eigenvalue weighted by atomic mass is 16.2. The fourth-order valence-electron chi connectivity index (χ4n) is 4.12. The van der Waals surface area contributed by atoms with E-state index in [0.717, 1.165) is 73.4 Å². The van der Waals surface area contributed by atoms with Gasteiger partial charge >= 0.3 is 0 Å². The van der Waals surface area contributed by atoms with Crippen molar-refractivity contribution in [3.63, 3.8) is 0 Å². The molecule has 2 aliphatic rings. The molecule has 7 heteroatoms. The van der Waals surface area contributed by atoms with E-state index in [2.05, 4.69) is 33.9 Å². The number of carbonyl (C=O) groups excluding carboxylic acids is 1. The molecule has 2 aromatic rings. The SMILES string of the molecule is Cc1ccc(C)c(C(=O)N2CCN(c3nc(C)cc(N4CCN(C)CC4)n3)CC2)c1. The van der Waals surface area contributed by atoms with E-state index in [0.29, 0.717) is 13.1 Å². The first kappa shape index (κ1) is 20.6. The molecular weight excluding hydrogens is 376 g/mol. The molecule has 1 aromatic carbocycles. The van der Waals surface area contributed by atoms with Gasteiger partial charge in [-0.25, -0.2) is 4.98 Å². The fraction of sp³-hybridized carbons (Fsp3) is 0.522. The Morgan fingerprint density at radius 1 is 0.833 bits per heavy atom. The number of anilines is 2. The number of benzene rings is 1. The third kappa shape index (κ3) is 4.41. The zero-order chi connectivity index (χ0) is 21.3. The number of carbonyl (C=O) groups is 1. The van der Waals surface area contributed by atoms with Crippen LogP contribution in [0, 0.1) is 20.8 Å². The Labute approximate surface area is 179 Å². The first-order valence-corrected chi connectivity index (χ1v) is 10.8. The second kappa shape index (κ2) is 8.60. The summed E-state index contributed by atoms with van der Waals surface area (Å²) in [5.41, 5.74) is 3.95. The van der Waals surface area contributed by atoms with Crippen LogP contribution in [0.4, 0.5) is 11.8 Å². The Hall–Kier alpha value is -2.67. The quantitative estimate of drug-likeness (QED) is 0.776. The van der Waals surface area contributed by atoms with Crippen molar-refractivity contribution in [3.05, 3.63) is 46.6 Å². The number of rotatable bonds is 3. The van der Waals surface area contributed by atoms with Gasteiger partial charge < -0.3 is 19.6 Å². The van der Waals surface area contributed by atoms with Gasteiger partial charge in [0.25, 0.3) is 5.91 Å². The lowest BCUT2D eigenvalue weighted by Crippen LogP contribution is -2.49. The van der Waals surface area contributed by atoms with Gasteiger partial charge in [-0.15, -0.1) is 0 Å². The molecule has 0 unspecified atom stereocenters. The van der Waals surface area contributed by atoms with E-state index in [1.54, 1.807) is 0 Å². The highest BCUT2D eigenvalue weighted by Crippen LogP contribution is 2.21. The molecule has 1 amide bonds. The van der Waals surface area contributed by atoms with E-state index in [4.69, 9.17) is 9.97 Å². The second-order valence-corrected chi connectivity index (χ2v) is 8.56. The molecule has 0 aliphatic carbocycles. The van der Waals surface area contributed by atoms with Crippen molar-refractivity contribution in [2.24, 2.45) is 0 Å². The van der Waals surface area contributed by atoms with Gasteiger partial charge in [0, 0.05) is 69.7 Å². The summed E-state index contributed by atoms with van der Waals surface area (Å²) in [7, 11) is 2.16. The minimum atomic E-state index is 0.124. The number of hydrogen-bond acceptors (Lipinski definition) is 6. The Balaban J connectivity index is 1.44. The first-order valence-electron chi connectivity index (χ1n) is 10.8. The van der Waals surface area contributed by atoms with Crippen LogP contribution in [0.1, 0.15) is 27.2 Å². The molecule has 0 atom stereocenters. The lowest BCUT2D eigenvalue weighted by Gasteiger charge is -2.36. The van der Waals surface area contributed by atoms with Crippen LogP contribution >= 0.6 is 0 Å². The maximum Gasteiger partial charge on any atom is 0.254 e. The molecule has 2 aliphatic heterocycles. The van der Waals surface area contributed by atoms with Crippen LogP contribution in [0.25, 0.3) is 0 Å². The number of likely N-dealkylation sites (N-methyl/N-ethyl adjacent to an activating group) is 1. The Morgan fingerprint density at radius 2 is 1.50 bits per heavy atom. The summed E-state index contributed by atoms with van der Waals surface area (Å²) in [5.74, 6) is 1.92. The minimum Gasteiger partial charge on any atom is -0.354 e. The van der Waals surface area contributed by atoms with E-state index >= 15 is 0 Å². The third-order valence-corrected chi connectivity index (χ3v) is 6.13. The molecule has 0 saturated carbocycles. The summed E-state index contributed by atoms with van der Waals surface area (Å²) in [6.07, 6.45) is 0. The predicted octanol–water partition coefficient (Wildman–Crippen LogP) is 2.12. The highest BCUT2D eigenvalue weighted by Gasteiger charge is 2.25. The minimum absolute atomic E-state index is 0.124. The van der Waals surface area contributed by atoms with Gasteiger partial charge in [0.05, 0.1) is 0 Å². The van der Waals surface area contributed by atoms with Crippen LogP contribution in [0.3, 0.4) is 0 Å². The van der Waals surface area contributed by atoms with Gasteiger partial charge in [0.15, 0.2) is 0 Å². The van der Waals surface area contributed by atoms with Crippen LogP contribution in [0.15, 0.2) is 24.3 Å². The topological polar surface area (TPSA) is 55.8 Å². The van der Waals surface area contributed by atoms with Crippen molar-refractivity contribution in [1.29, 1.82) is 0 Å². The number of hydrogen-bond donors (Lipinski definition) is 0. The standard InChI is InChI=1S/C23H32N6O/c1-17-5-6-18(2)20(15-17)22(30)28-11-13-29(14-12-28)23-24-19(3)16-21(25-23)27-9-7-26(4)8-10-27/h5-6,15-16H,7-14H2,1-4H3. The van der Waals surface area contributed by atoms with Crippen molar-refractivity contribution in [2.75, 3.05) is 69.2 Å². The number of nitrogens with zero attached hydrogens (tertiary/aromatic N) is 6. The summed E-state index contributed by atoms with van der Waals surface area (Å²) < 4.78 is 0. The largest absolute Gasteiger partial charge is 0.354 e. The fourth-order valence-corrected chi connectivity index (χ4v) is 4.12. The molecule has 4 rings (SSSR count). The molecule has 3 heterocycles. The van der Waals surface area contributed by atoms with E-state index in [1.807, 2.05) is 37.8 Å². The maximum absolute atomic E-state index is 13.0. The van der Waals surface area contributed by atoms with Gasteiger partial charge in [-0.1, -0.05) is 17.7 Å². The average Bonchev–Trinajstić information content (AvgIpc) is 2.75. The first-order chi connectivity index (χ1) is 14.4. The van der Waals surface area contributed by atoms with E-state index in [9.17, 15) is 4.79 Å². The molecule has 0 radical (unpaired) electrons. The highest BCUT2D eigenvalue weighted by molar-refractivity contribution is 5.96. The van der Waals surface area contributed by atoms with Crippen molar-refractivity contribution in [2.45, 2.75) is 20.8 Å². The van der Waals surface area contributed by atoms with Crippen molar-refractivity contribution < 1.29 is 4.79 Å². The Kier molecular flexibility index (Phi) is 5.90. The van der Waals surface area contributed by atoms with Gasteiger partial charge in [0.2, 0.25) is 5.95 Å². The molecule has 7 nitrogen and oxygen atoms in total. The van der Waals surface area contributed by atoms with Crippen LogP contribution in [0.2, 0.25) is 0 Å². The average molecular weight is 409 g/mol. The van der Waals surface area contributed by atoms with Crippen molar-refractivity contribution in [1.82, 2.24) is 19.8 Å². The number of aromatic nitrogens is 2. The van der Waals surface area contributed by atoms with Gasteiger partial charge in [0.1, 0.15) is 5.82 Å². The molecule has 0 bridgehead atoms. The van der Waals surface area contributed by atoms with Crippen molar-refractivity contribution in [3.8, 4) is 0 Å².